The average molecular weight is 448 g/mol. The summed E-state index contributed by atoms with van der Waals surface area (Å²) in [5.41, 5.74) is 3.91. The second-order valence-electron chi connectivity index (χ2n) is 9.09. The number of nitrogens with zero attached hydrogens (tertiary/aromatic N) is 3. The third-order valence-electron chi connectivity index (χ3n) is 6.45. The number of carbonyl (C=O) groups excluding carboxylic acids is 1. The monoisotopic (exact) mass is 447 g/mol. The second-order valence-corrected chi connectivity index (χ2v) is 9.09. The highest BCUT2D eigenvalue weighted by Crippen LogP contribution is 2.23. The van der Waals surface area contributed by atoms with Crippen molar-refractivity contribution in [3.63, 3.8) is 0 Å². The van der Waals surface area contributed by atoms with Gasteiger partial charge in [0.05, 0.1) is 0 Å². The lowest BCUT2D eigenvalue weighted by atomic mass is 10.0. The van der Waals surface area contributed by atoms with Crippen molar-refractivity contribution in [2.45, 2.75) is 58.3 Å². The Labute approximate surface area is 198 Å². The van der Waals surface area contributed by atoms with E-state index in [9.17, 15) is 4.79 Å². The number of rotatable bonds is 8. The standard InChI is InChI=1S/C27H37N5O/c1-2-28-27(30-25-14-9-17-31(21-25)18-22-10-4-3-5-11-22)29-16-8-15-26(33)32-19-23-12-6-7-13-24(23)20-32/h3-7,10-13,25H,2,8-9,14-21H2,1H3,(H2,28,29,30). The summed E-state index contributed by atoms with van der Waals surface area (Å²) in [7, 11) is 0. The van der Waals surface area contributed by atoms with Crippen molar-refractivity contribution in [3.05, 3.63) is 71.3 Å². The zero-order chi connectivity index (χ0) is 22.9. The maximum Gasteiger partial charge on any atom is 0.223 e. The van der Waals surface area contributed by atoms with Gasteiger partial charge in [-0.25, -0.2) is 0 Å². The molecule has 4 rings (SSSR count). The number of fused-ring (bicyclic) bond motifs is 1. The van der Waals surface area contributed by atoms with Gasteiger partial charge in [-0.05, 0) is 49.4 Å². The molecule has 1 amide bonds. The minimum atomic E-state index is 0.225. The van der Waals surface area contributed by atoms with Gasteiger partial charge in [0.25, 0.3) is 0 Å². The van der Waals surface area contributed by atoms with Gasteiger partial charge < -0.3 is 15.5 Å². The van der Waals surface area contributed by atoms with Crippen LogP contribution in [-0.4, -0.2) is 53.9 Å². The quantitative estimate of drug-likeness (QED) is 0.369. The molecule has 1 unspecified atom stereocenters. The number of guanidine groups is 1. The van der Waals surface area contributed by atoms with E-state index in [1.165, 1.54) is 23.1 Å². The van der Waals surface area contributed by atoms with Gasteiger partial charge in [-0.3, -0.25) is 14.7 Å². The minimum absolute atomic E-state index is 0.225. The van der Waals surface area contributed by atoms with Crippen molar-refractivity contribution in [2.75, 3.05) is 26.2 Å². The summed E-state index contributed by atoms with van der Waals surface area (Å²) < 4.78 is 0. The Kier molecular flexibility index (Phi) is 8.36. The molecule has 0 spiro atoms. The van der Waals surface area contributed by atoms with Gasteiger partial charge in [0.15, 0.2) is 5.96 Å². The van der Waals surface area contributed by atoms with Gasteiger partial charge in [0.1, 0.15) is 0 Å². The Morgan fingerprint density at radius 3 is 2.52 bits per heavy atom. The predicted octanol–water partition coefficient (Wildman–Crippen LogP) is 3.53. The molecule has 0 bridgehead atoms. The van der Waals surface area contributed by atoms with E-state index in [0.717, 1.165) is 58.1 Å². The Morgan fingerprint density at radius 1 is 1.06 bits per heavy atom. The van der Waals surface area contributed by atoms with Crippen molar-refractivity contribution in [1.29, 1.82) is 0 Å². The van der Waals surface area contributed by atoms with Crippen LogP contribution >= 0.6 is 0 Å². The number of carbonyl (C=O) groups is 1. The molecule has 0 aliphatic carbocycles. The molecule has 2 aromatic carbocycles. The fourth-order valence-electron chi connectivity index (χ4n) is 4.76. The lowest BCUT2D eigenvalue weighted by Crippen LogP contribution is -2.51. The number of likely N-dealkylation sites (tertiary alicyclic amines) is 1. The lowest BCUT2D eigenvalue weighted by Gasteiger charge is -2.34. The maximum absolute atomic E-state index is 12.6. The molecule has 176 valence electrons. The fraction of sp³-hybridized carbons (Fsp3) is 0.481. The van der Waals surface area contributed by atoms with Crippen LogP contribution in [-0.2, 0) is 24.4 Å². The van der Waals surface area contributed by atoms with Crippen LogP contribution in [0.25, 0.3) is 0 Å². The lowest BCUT2D eigenvalue weighted by molar-refractivity contribution is -0.131. The Morgan fingerprint density at radius 2 is 1.79 bits per heavy atom. The summed E-state index contributed by atoms with van der Waals surface area (Å²) >= 11 is 0. The molecule has 6 nitrogen and oxygen atoms in total. The van der Waals surface area contributed by atoms with E-state index in [1.807, 2.05) is 17.0 Å². The summed E-state index contributed by atoms with van der Waals surface area (Å²) in [6.45, 7) is 8.22. The second kappa shape index (κ2) is 11.8. The Hall–Kier alpha value is -2.86. The van der Waals surface area contributed by atoms with Gasteiger partial charge >= 0.3 is 0 Å². The molecular weight excluding hydrogens is 410 g/mol. The van der Waals surface area contributed by atoms with Crippen molar-refractivity contribution in [1.82, 2.24) is 20.4 Å². The summed E-state index contributed by atoms with van der Waals surface area (Å²) in [5.74, 6) is 1.09. The van der Waals surface area contributed by atoms with Gasteiger partial charge in [-0.15, -0.1) is 0 Å². The fourth-order valence-corrected chi connectivity index (χ4v) is 4.76. The first-order valence-electron chi connectivity index (χ1n) is 12.4. The van der Waals surface area contributed by atoms with Gasteiger partial charge in [0.2, 0.25) is 5.91 Å². The van der Waals surface area contributed by atoms with E-state index >= 15 is 0 Å². The van der Waals surface area contributed by atoms with Crippen molar-refractivity contribution in [2.24, 2.45) is 4.99 Å². The van der Waals surface area contributed by atoms with Crippen LogP contribution in [0.3, 0.4) is 0 Å². The summed E-state index contributed by atoms with van der Waals surface area (Å²) in [4.78, 5) is 21.9. The number of hydrogen-bond acceptors (Lipinski definition) is 3. The number of piperidine rings is 1. The van der Waals surface area contributed by atoms with Crippen LogP contribution in [0.5, 0.6) is 0 Å². The van der Waals surface area contributed by atoms with Crippen molar-refractivity contribution in [3.8, 4) is 0 Å². The van der Waals surface area contributed by atoms with Crippen LogP contribution in [0, 0.1) is 0 Å². The zero-order valence-corrected chi connectivity index (χ0v) is 19.8. The van der Waals surface area contributed by atoms with Crippen LogP contribution in [0.15, 0.2) is 59.6 Å². The van der Waals surface area contributed by atoms with Crippen molar-refractivity contribution >= 4 is 11.9 Å². The normalized spacial score (nSPS) is 18.8. The first kappa shape index (κ1) is 23.3. The van der Waals surface area contributed by atoms with Crippen LogP contribution < -0.4 is 10.6 Å². The summed E-state index contributed by atoms with van der Waals surface area (Å²) in [6.07, 6.45) is 3.67. The molecule has 1 fully saturated rings. The molecule has 33 heavy (non-hydrogen) atoms. The van der Waals surface area contributed by atoms with Crippen LogP contribution in [0.4, 0.5) is 0 Å². The SMILES string of the molecule is CCNC(=NCCCC(=O)N1Cc2ccccc2C1)NC1CCCN(Cc2ccccc2)C1. The minimum Gasteiger partial charge on any atom is -0.357 e. The molecule has 0 radical (unpaired) electrons. The number of benzene rings is 2. The number of amides is 1. The first-order chi connectivity index (χ1) is 16.2. The molecule has 0 saturated carbocycles. The number of nitrogens with one attached hydrogen (secondary N) is 2. The van der Waals surface area contributed by atoms with Gasteiger partial charge in [0, 0.05) is 51.7 Å². The molecular formula is C27H37N5O. The molecule has 2 heterocycles. The van der Waals surface area contributed by atoms with E-state index in [-0.39, 0.29) is 5.91 Å². The van der Waals surface area contributed by atoms with E-state index in [1.54, 1.807) is 0 Å². The van der Waals surface area contributed by atoms with Gasteiger partial charge in [-0.2, -0.15) is 0 Å². The van der Waals surface area contributed by atoms with Crippen LogP contribution in [0.2, 0.25) is 0 Å². The number of hydrogen-bond donors (Lipinski definition) is 2. The largest absolute Gasteiger partial charge is 0.357 e. The van der Waals surface area contributed by atoms with E-state index < -0.39 is 0 Å². The Bertz CT molecular complexity index is 904. The zero-order valence-electron chi connectivity index (χ0n) is 19.8. The molecule has 2 aromatic rings. The molecule has 2 aliphatic heterocycles. The predicted molar refractivity (Wildman–Crippen MR) is 134 cm³/mol. The molecule has 1 atom stereocenters. The highest BCUT2D eigenvalue weighted by Gasteiger charge is 2.23. The first-order valence-corrected chi connectivity index (χ1v) is 12.4. The molecule has 2 aliphatic rings. The topological polar surface area (TPSA) is 60.0 Å². The number of aliphatic imine (C=N–C) groups is 1. The third-order valence-corrected chi connectivity index (χ3v) is 6.45. The Balaban J connectivity index is 1.21. The highest BCUT2D eigenvalue weighted by atomic mass is 16.2. The van der Waals surface area contributed by atoms with E-state index in [2.05, 4.69) is 64.9 Å². The summed E-state index contributed by atoms with van der Waals surface area (Å²) in [5, 5.41) is 7.00. The summed E-state index contributed by atoms with van der Waals surface area (Å²) in [6, 6.07) is 19.4. The highest BCUT2D eigenvalue weighted by molar-refractivity contribution is 5.80. The van der Waals surface area contributed by atoms with Crippen molar-refractivity contribution < 1.29 is 4.79 Å². The molecule has 1 saturated heterocycles. The van der Waals surface area contributed by atoms with E-state index in [4.69, 9.17) is 4.99 Å². The van der Waals surface area contributed by atoms with Crippen LogP contribution in [0.1, 0.15) is 49.3 Å². The van der Waals surface area contributed by atoms with E-state index in [0.29, 0.717) is 19.0 Å². The maximum atomic E-state index is 12.6. The molecule has 6 heteroatoms. The van der Waals surface area contributed by atoms with Gasteiger partial charge in [-0.1, -0.05) is 54.6 Å². The third kappa shape index (κ3) is 6.81. The average Bonchev–Trinajstić information content (AvgIpc) is 3.27. The smallest absolute Gasteiger partial charge is 0.223 e. The molecule has 2 N–H and O–H groups in total. The molecule has 0 aromatic heterocycles.